The molecule has 1 heterocycles. The second kappa shape index (κ2) is 4.59. The van der Waals surface area contributed by atoms with Crippen LogP contribution in [0.2, 0.25) is 5.15 Å². The molecular weight excluding hydrogens is 248 g/mol. The van der Waals surface area contributed by atoms with E-state index in [1.54, 1.807) is 0 Å². The molecule has 1 aliphatic carbocycles. The number of carboxylic acids is 1. The Balaban J connectivity index is 2.20. The highest BCUT2D eigenvalue weighted by atomic mass is 35.5. The van der Waals surface area contributed by atoms with Gasteiger partial charge in [-0.1, -0.05) is 35.8 Å². The van der Waals surface area contributed by atoms with Gasteiger partial charge in [-0.05, 0) is 12.8 Å². The fourth-order valence-electron chi connectivity index (χ4n) is 2.02. The number of carbonyl (C=O) groups is 1. The topological polar surface area (TPSA) is 53.4 Å². The molecule has 16 heavy (non-hydrogen) atoms. The van der Waals surface area contributed by atoms with E-state index in [9.17, 15) is 4.79 Å². The van der Waals surface area contributed by atoms with Gasteiger partial charge in [0.25, 0.3) is 0 Å². The first-order valence-electron chi connectivity index (χ1n) is 5.22. The maximum absolute atomic E-state index is 10.8. The van der Waals surface area contributed by atoms with Gasteiger partial charge in [-0.15, -0.1) is 0 Å². The zero-order chi connectivity index (χ0) is 11.7. The summed E-state index contributed by atoms with van der Waals surface area (Å²) in [6.07, 6.45) is 4.77. The zero-order valence-corrected chi connectivity index (χ0v) is 10.5. The minimum Gasteiger partial charge on any atom is -0.477 e. The zero-order valence-electron chi connectivity index (χ0n) is 8.94. The Morgan fingerprint density at radius 2 is 2.19 bits per heavy atom. The molecule has 2 rings (SSSR count). The molecule has 0 aromatic carbocycles. The number of aromatic carboxylic acids is 1. The van der Waals surface area contributed by atoms with Crippen molar-refractivity contribution in [2.45, 2.75) is 31.7 Å². The van der Waals surface area contributed by atoms with Gasteiger partial charge in [-0.25, -0.2) is 9.78 Å². The van der Waals surface area contributed by atoms with Crippen LogP contribution in [0.5, 0.6) is 0 Å². The molecule has 88 valence electrons. The van der Waals surface area contributed by atoms with Gasteiger partial charge in [0.05, 0.1) is 0 Å². The Kier molecular flexibility index (Phi) is 3.35. The largest absolute Gasteiger partial charge is 0.477 e. The quantitative estimate of drug-likeness (QED) is 0.908. The highest BCUT2D eigenvalue weighted by Crippen LogP contribution is 2.33. The molecule has 0 aliphatic heterocycles. The van der Waals surface area contributed by atoms with Crippen molar-refractivity contribution in [1.82, 2.24) is 4.98 Å². The van der Waals surface area contributed by atoms with E-state index < -0.39 is 5.97 Å². The van der Waals surface area contributed by atoms with Gasteiger partial charge in [-0.2, -0.15) is 0 Å². The minimum absolute atomic E-state index is 0.0948. The van der Waals surface area contributed by atoms with E-state index in [0.29, 0.717) is 11.2 Å². The van der Waals surface area contributed by atoms with Gasteiger partial charge >= 0.3 is 5.97 Å². The summed E-state index contributed by atoms with van der Waals surface area (Å²) in [7, 11) is 1.96. The maximum atomic E-state index is 10.8. The Hall–Kier alpha value is -0.810. The molecule has 0 amide bonds. The summed E-state index contributed by atoms with van der Waals surface area (Å²) in [5.41, 5.74) is 0. The minimum atomic E-state index is -1.01. The third-order valence-electron chi connectivity index (χ3n) is 2.94. The van der Waals surface area contributed by atoms with E-state index >= 15 is 0 Å². The number of anilines is 1. The van der Waals surface area contributed by atoms with Gasteiger partial charge < -0.3 is 10.0 Å². The Morgan fingerprint density at radius 3 is 2.69 bits per heavy atom. The molecule has 1 fully saturated rings. The number of halogens is 1. The second-order valence-electron chi connectivity index (χ2n) is 3.97. The highest BCUT2D eigenvalue weighted by Gasteiger charge is 2.24. The summed E-state index contributed by atoms with van der Waals surface area (Å²) in [5.74, 6) is -1.01. The number of hydrogen-bond acceptors (Lipinski definition) is 4. The number of aromatic nitrogens is 1. The molecule has 1 aromatic heterocycles. The second-order valence-corrected chi connectivity index (χ2v) is 5.31. The molecule has 1 saturated carbocycles. The molecule has 0 radical (unpaired) electrons. The van der Waals surface area contributed by atoms with Gasteiger partial charge in [0, 0.05) is 13.1 Å². The van der Waals surface area contributed by atoms with Crippen molar-refractivity contribution >= 4 is 34.0 Å². The smallest absolute Gasteiger partial charge is 0.349 e. The van der Waals surface area contributed by atoms with Crippen molar-refractivity contribution in [3.63, 3.8) is 0 Å². The van der Waals surface area contributed by atoms with Crippen LogP contribution in [-0.4, -0.2) is 29.1 Å². The van der Waals surface area contributed by atoms with E-state index in [4.69, 9.17) is 16.7 Å². The van der Waals surface area contributed by atoms with Crippen LogP contribution < -0.4 is 4.90 Å². The molecule has 1 N–H and O–H groups in total. The number of carboxylic acid groups (broad SMARTS) is 1. The first kappa shape index (κ1) is 11.7. The summed E-state index contributed by atoms with van der Waals surface area (Å²) < 4.78 is 0. The lowest BCUT2D eigenvalue weighted by atomic mass is 10.2. The van der Waals surface area contributed by atoms with Crippen LogP contribution in [0.3, 0.4) is 0 Å². The monoisotopic (exact) mass is 260 g/mol. The van der Waals surface area contributed by atoms with Crippen molar-refractivity contribution in [1.29, 1.82) is 0 Å². The van der Waals surface area contributed by atoms with Gasteiger partial charge in [0.2, 0.25) is 0 Å². The van der Waals surface area contributed by atoms with Gasteiger partial charge in [0.1, 0.15) is 0 Å². The maximum Gasteiger partial charge on any atom is 0.349 e. The van der Waals surface area contributed by atoms with E-state index in [2.05, 4.69) is 9.88 Å². The average Bonchev–Trinajstić information content (AvgIpc) is 2.84. The summed E-state index contributed by atoms with van der Waals surface area (Å²) in [4.78, 5) is 17.1. The lowest BCUT2D eigenvalue weighted by molar-refractivity contribution is 0.0702. The molecule has 0 spiro atoms. The molecular formula is C10H13ClN2O2S. The van der Waals surface area contributed by atoms with E-state index in [1.807, 2.05) is 7.05 Å². The summed E-state index contributed by atoms with van der Waals surface area (Å²) in [6, 6.07) is 0.476. The van der Waals surface area contributed by atoms with E-state index in [1.165, 1.54) is 12.8 Å². The Morgan fingerprint density at radius 1 is 1.56 bits per heavy atom. The fourth-order valence-corrected chi connectivity index (χ4v) is 3.18. The molecule has 1 aromatic rings. The standard InChI is InChI=1S/C10H13ClN2O2S/c1-13(6-4-2-3-5-6)10-12-8(11)7(16-10)9(14)15/h6H,2-5H2,1H3,(H,14,15). The van der Waals surface area contributed by atoms with Crippen LogP contribution >= 0.6 is 22.9 Å². The molecule has 0 saturated heterocycles. The molecule has 0 bridgehead atoms. The lowest BCUT2D eigenvalue weighted by Crippen LogP contribution is -2.28. The summed E-state index contributed by atoms with van der Waals surface area (Å²) in [5, 5.41) is 9.69. The predicted molar refractivity (Wildman–Crippen MR) is 64.7 cm³/mol. The third-order valence-corrected chi connectivity index (χ3v) is 4.46. The van der Waals surface area contributed by atoms with Crippen molar-refractivity contribution in [3.8, 4) is 0 Å². The summed E-state index contributed by atoms with van der Waals surface area (Å²) in [6.45, 7) is 0. The van der Waals surface area contributed by atoms with Crippen molar-refractivity contribution in [3.05, 3.63) is 10.0 Å². The van der Waals surface area contributed by atoms with Crippen LogP contribution in [0, 0.1) is 0 Å². The van der Waals surface area contributed by atoms with Crippen LogP contribution in [0.1, 0.15) is 35.4 Å². The van der Waals surface area contributed by atoms with Crippen molar-refractivity contribution < 1.29 is 9.90 Å². The van der Waals surface area contributed by atoms with Crippen molar-refractivity contribution in [2.75, 3.05) is 11.9 Å². The fraction of sp³-hybridized carbons (Fsp3) is 0.600. The molecule has 0 unspecified atom stereocenters. The Labute approximate surface area is 103 Å². The lowest BCUT2D eigenvalue weighted by Gasteiger charge is -2.23. The van der Waals surface area contributed by atoms with E-state index in [0.717, 1.165) is 24.2 Å². The molecule has 4 nitrogen and oxygen atoms in total. The first-order valence-corrected chi connectivity index (χ1v) is 6.41. The van der Waals surface area contributed by atoms with Crippen molar-refractivity contribution in [2.24, 2.45) is 0 Å². The van der Waals surface area contributed by atoms with E-state index in [-0.39, 0.29) is 10.0 Å². The van der Waals surface area contributed by atoms with Gasteiger partial charge in [-0.3, -0.25) is 0 Å². The van der Waals surface area contributed by atoms with Crippen LogP contribution in [-0.2, 0) is 0 Å². The third kappa shape index (κ3) is 2.15. The SMILES string of the molecule is CN(c1nc(Cl)c(C(=O)O)s1)C1CCCC1. The molecule has 1 aliphatic rings. The first-order chi connectivity index (χ1) is 7.59. The normalized spacial score (nSPS) is 16.6. The number of nitrogens with zero attached hydrogens (tertiary/aromatic N) is 2. The highest BCUT2D eigenvalue weighted by molar-refractivity contribution is 7.18. The molecule has 0 atom stereocenters. The molecule has 6 heteroatoms. The van der Waals surface area contributed by atoms with Gasteiger partial charge in [0.15, 0.2) is 15.2 Å². The number of rotatable bonds is 3. The Bertz CT molecular complexity index is 402. The number of thiazole rings is 1. The predicted octanol–water partition coefficient (Wildman–Crippen LogP) is 2.87. The average molecular weight is 261 g/mol. The number of hydrogen-bond donors (Lipinski definition) is 1. The van der Waals surface area contributed by atoms with Crippen LogP contribution in [0.4, 0.5) is 5.13 Å². The van der Waals surface area contributed by atoms with Crippen LogP contribution in [0.25, 0.3) is 0 Å². The summed E-state index contributed by atoms with van der Waals surface area (Å²) >= 11 is 6.93. The van der Waals surface area contributed by atoms with Crippen LogP contribution in [0.15, 0.2) is 0 Å².